The van der Waals surface area contributed by atoms with Crippen molar-refractivity contribution in [1.29, 1.82) is 0 Å². The summed E-state index contributed by atoms with van der Waals surface area (Å²) in [5.74, 6) is 0. The molecule has 1 heterocycles. The van der Waals surface area contributed by atoms with E-state index in [0.29, 0.717) is 6.04 Å². The molecule has 1 atom stereocenters. The van der Waals surface area contributed by atoms with Crippen LogP contribution in [0.3, 0.4) is 0 Å². The largest absolute Gasteiger partial charge is 0.314 e. The van der Waals surface area contributed by atoms with Crippen molar-refractivity contribution in [3.63, 3.8) is 0 Å². The van der Waals surface area contributed by atoms with Gasteiger partial charge in [0.05, 0.1) is 0 Å². The first-order chi connectivity index (χ1) is 7.66. The lowest BCUT2D eigenvalue weighted by Crippen LogP contribution is -2.49. The topological polar surface area (TPSA) is 24.1 Å². The van der Waals surface area contributed by atoms with E-state index in [1.807, 2.05) is 0 Å². The molecule has 1 fully saturated rings. The maximum absolute atomic E-state index is 3.57. The zero-order valence-corrected chi connectivity index (χ0v) is 10.6. The highest BCUT2D eigenvalue weighted by molar-refractivity contribution is 5.38. The van der Waals surface area contributed by atoms with Gasteiger partial charge in [-0.3, -0.25) is 0 Å². The summed E-state index contributed by atoms with van der Waals surface area (Å²) < 4.78 is 0. The Morgan fingerprint density at radius 1 is 1.12 bits per heavy atom. The second-order valence-corrected chi connectivity index (χ2v) is 4.94. The molecule has 1 aliphatic rings. The van der Waals surface area contributed by atoms with Gasteiger partial charge in [0.25, 0.3) is 0 Å². The van der Waals surface area contributed by atoms with E-state index >= 15 is 0 Å². The Bertz CT molecular complexity index is 342. The van der Waals surface area contributed by atoms with Crippen LogP contribution >= 0.6 is 0 Å². The smallest absolute Gasteiger partial charge is 0.0233 e. The fraction of sp³-hybridized carbons (Fsp3) is 0.571. The van der Waals surface area contributed by atoms with Crippen LogP contribution in [0.5, 0.6) is 0 Å². The van der Waals surface area contributed by atoms with Crippen LogP contribution in [0.2, 0.25) is 0 Å². The molecule has 1 aromatic rings. The highest BCUT2D eigenvalue weighted by Gasteiger charge is 2.14. The second kappa shape index (κ2) is 4.98. The summed E-state index contributed by atoms with van der Waals surface area (Å²) in [7, 11) is 0. The molecule has 1 saturated heterocycles. The van der Waals surface area contributed by atoms with Crippen LogP contribution in [0, 0.1) is 20.8 Å². The number of nitrogens with one attached hydrogen (secondary N) is 2. The number of aryl methyl sites for hydroxylation is 3. The van der Waals surface area contributed by atoms with E-state index in [0.717, 1.165) is 26.1 Å². The lowest BCUT2D eigenvalue weighted by molar-refractivity contribution is 0.416. The maximum atomic E-state index is 3.57. The second-order valence-electron chi connectivity index (χ2n) is 4.94. The number of hydrogen-bond donors (Lipinski definition) is 2. The van der Waals surface area contributed by atoms with Gasteiger partial charge in [0.1, 0.15) is 0 Å². The molecule has 2 heteroatoms. The SMILES string of the molecule is Cc1cc(C)c(C[C@H]2CNCCN2)c(C)c1. The van der Waals surface area contributed by atoms with Crippen LogP contribution in [0.1, 0.15) is 22.3 Å². The van der Waals surface area contributed by atoms with Crippen molar-refractivity contribution in [3.05, 3.63) is 34.4 Å². The van der Waals surface area contributed by atoms with Crippen molar-refractivity contribution in [2.75, 3.05) is 19.6 Å². The third-order valence-electron chi connectivity index (χ3n) is 3.42. The number of piperazine rings is 1. The third-order valence-corrected chi connectivity index (χ3v) is 3.42. The van der Waals surface area contributed by atoms with Gasteiger partial charge in [-0.25, -0.2) is 0 Å². The Balaban J connectivity index is 2.14. The Hall–Kier alpha value is -0.860. The maximum Gasteiger partial charge on any atom is 0.0233 e. The molecule has 0 amide bonds. The molecule has 0 saturated carbocycles. The van der Waals surface area contributed by atoms with Crippen LogP contribution in [0.25, 0.3) is 0 Å². The minimum Gasteiger partial charge on any atom is -0.314 e. The van der Waals surface area contributed by atoms with E-state index in [9.17, 15) is 0 Å². The lowest BCUT2D eigenvalue weighted by atomic mass is 9.94. The van der Waals surface area contributed by atoms with Crippen LogP contribution in [0.15, 0.2) is 12.1 Å². The van der Waals surface area contributed by atoms with Gasteiger partial charge in [0.2, 0.25) is 0 Å². The van der Waals surface area contributed by atoms with Gasteiger partial charge >= 0.3 is 0 Å². The first kappa shape index (κ1) is 11.6. The van der Waals surface area contributed by atoms with E-state index in [4.69, 9.17) is 0 Å². The molecule has 1 aliphatic heterocycles. The minimum absolute atomic E-state index is 0.592. The van der Waals surface area contributed by atoms with E-state index in [2.05, 4.69) is 43.5 Å². The van der Waals surface area contributed by atoms with Gasteiger partial charge in [0, 0.05) is 25.7 Å². The van der Waals surface area contributed by atoms with Crippen molar-refractivity contribution in [2.45, 2.75) is 33.2 Å². The zero-order valence-electron chi connectivity index (χ0n) is 10.6. The van der Waals surface area contributed by atoms with Gasteiger partial charge in [-0.2, -0.15) is 0 Å². The summed E-state index contributed by atoms with van der Waals surface area (Å²) in [5, 5.41) is 7.02. The summed E-state index contributed by atoms with van der Waals surface area (Å²) in [6.07, 6.45) is 1.14. The number of benzene rings is 1. The molecule has 0 bridgehead atoms. The molecule has 88 valence electrons. The molecular weight excluding hydrogens is 196 g/mol. The molecule has 1 aromatic carbocycles. The van der Waals surface area contributed by atoms with Crippen molar-refractivity contribution < 1.29 is 0 Å². The average Bonchev–Trinajstić information content (AvgIpc) is 2.25. The molecule has 0 spiro atoms. The van der Waals surface area contributed by atoms with Crippen molar-refractivity contribution in [2.24, 2.45) is 0 Å². The Labute approximate surface area is 98.4 Å². The summed E-state index contributed by atoms with van der Waals surface area (Å²) in [5.41, 5.74) is 5.76. The van der Waals surface area contributed by atoms with Gasteiger partial charge < -0.3 is 10.6 Å². The lowest BCUT2D eigenvalue weighted by Gasteiger charge is -2.26. The van der Waals surface area contributed by atoms with E-state index < -0.39 is 0 Å². The van der Waals surface area contributed by atoms with E-state index in [1.165, 1.54) is 22.3 Å². The molecular formula is C14H22N2. The van der Waals surface area contributed by atoms with Crippen LogP contribution in [-0.4, -0.2) is 25.7 Å². The molecule has 2 N–H and O–H groups in total. The van der Waals surface area contributed by atoms with Crippen LogP contribution in [0.4, 0.5) is 0 Å². The Morgan fingerprint density at radius 2 is 1.81 bits per heavy atom. The summed E-state index contributed by atoms with van der Waals surface area (Å²) in [4.78, 5) is 0. The van der Waals surface area contributed by atoms with E-state index in [1.54, 1.807) is 0 Å². The van der Waals surface area contributed by atoms with E-state index in [-0.39, 0.29) is 0 Å². The fourth-order valence-corrected chi connectivity index (χ4v) is 2.64. The summed E-state index contributed by atoms with van der Waals surface area (Å²) >= 11 is 0. The first-order valence-electron chi connectivity index (χ1n) is 6.17. The predicted octanol–water partition coefficient (Wildman–Crippen LogP) is 1.72. The van der Waals surface area contributed by atoms with Crippen molar-refractivity contribution in [1.82, 2.24) is 10.6 Å². The van der Waals surface area contributed by atoms with Gasteiger partial charge in [-0.1, -0.05) is 17.7 Å². The number of rotatable bonds is 2. The number of hydrogen-bond acceptors (Lipinski definition) is 2. The third kappa shape index (κ3) is 2.63. The Morgan fingerprint density at radius 3 is 2.38 bits per heavy atom. The molecule has 0 unspecified atom stereocenters. The molecule has 16 heavy (non-hydrogen) atoms. The highest BCUT2D eigenvalue weighted by atomic mass is 15.0. The molecule has 0 radical (unpaired) electrons. The minimum atomic E-state index is 0.592. The molecule has 2 nitrogen and oxygen atoms in total. The zero-order chi connectivity index (χ0) is 11.5. The standard InChI is InChI=1S/C14H22N2/c1-10-6-11(2)14(12(3)7-10)8-13-9-15-4-5-16-13/h6-7,13,15-16H,4-5,8-9H2,1-3H3/t13-/m0/s1. The first-order valence-corrected chi connectivity index (χ1v) is 6.17. The van der Waals surface area contributed by atoms with Crippen molar-refractivity contribution in [3.8, 4) is 0 Å². The molecule has 2 rings (SSSR count). The molecule has 0 aliphatic carbocycles. The van der Waals surface area contributed by atoms with Crippen molar-refractivity contribution >= 4 is 0 Å². The van der Waals surface area contributed by atoms with Crippen LogP contribution in [-0.2, 0) is 6.42 Å². The fourth-order valence-electron chi connectivity index (χ4n) is 2.64. The van der Waals surface area contributed by atoms with Gasteiger partial charge in [0.15, 0.2) is 0 Å². The molecule has 0 aromatic heterocycles. The van der Waals surface area contributed by atoms with Gasteiger partial charge in [-0.05, 0) is 43.9 Å². The summed E-state index contributed by atoms with van der Waals surface area (Å²) in [6.45, 7) is 9.91. The Kier molecular flexibility index (Phi) is 3.62. The summed E-state index contributed by atoms with van der Waals surface area (Å²) in [6, 6.07) is 5.17. The average molecular weight is 218 g/mol. The predicted molar refractivity (Wildman–Crippen MR) is 69.0 cm³/mol. The quantitative estimate of drug-likeness (QED) is 0.790. The monoisotopic (exact) mass is 218 g/mol. The highest BCUT2D eigenvalue weighted by Crippen LogP contribution is 2.18. The van der Waals surface area contributed by atoms with Crippen LogP contribution < -0.4 is 10.6 Å². The normalized spacial score (nSPS) is 21.1. The van der Waals surface area contributed by atoms with Gasteiger partial charge in [-0.15, -0.1) is 0 Å².